The Balaban J connectivity index is 1.20. The normalized spacial score (nSPS) is 12.8. The lowest BCUT2D eigenvalue weighted by Crippen LogP contribution is -2.25. The van der Waals surface area contributed by atoms with Gasteiger partial charge in [-0.3, -0.25) is 14.9 Å². The van der Waals surface area contributed by atoms with E-state index in [1.807, 2.05) is 18.2 Å². The molecule has 2 aromatic carbocycles. The van der Waals surface area contributed by atoms with Gasteiger partial charge in [0, 0.05) is 61.2 Å². The monoisotopic (exact) mass is 499 g/mol. The van der Waals surface area contributed by atoms with E-state index in [0.717, 1.165) is 16.7 Å². The van der Waals surface area contributed by atoms with Gasteiger partial charge in [0.1, 0.15) is 18.0 Å². The van der Waals surface area contributed by atoms with Crippen LogP contribution in [0.2, 0.25) is 0 Å². The quantitative estimate of drug-likeness (QED) is 0.326. The summed E-state index contributed by atoms with van der Waals surface area (Å²) in [6, 6.07) is 13.8. The van der Waals surface area contributed by atoms with Gasteiger partial charge in [-0.15, -0.1) is 0 Å². The van der Waals surface area contributed by atoms with Gasteiger partial charge < -0.3 is 18.9 Å². The number of nitrogens with zero attached hydrogens (tertiary/aromatic N) is 4. The molecule has 1 aliphatic heterocycles. The molecular formula is C27H22FN5O4. The SMILES string of the molecule is COCCOc1cc2[nH]nc(-c3cc(-c4ccc(C(=O)N5Cc6ccncc6C5)cc4)no3)c2cc1F. The minimum atomic E-state index is -0.511. The molecule has 0 atom stereocenters. The molecule has 37 heavy (non-hydrogen) atoms. The van der Waals surface area contributed by atoms with Gasteiger partial charge in [0.2, 0.25) is 0 Å². The van der Waals surface area contributed by atoms with Crippen molar-refractivity contribution in [3.05, 3.63) is 83.4 Å². The second-order valence-electron chi connectivity index (χ2n) is 8.70. The number of aromatic amines is 1. The van der Waals surface area contributed by atoms with Gasteiger partial charge in [0.25, 0.3) is 5.91 Å². The number of methoxy groups -OCH3 is 1. The number of hydrogen-bond acceptors (Lipinski definition) is 7. The number of benzene rings is 2. The number of hydrogen-bond donors (Lipinski definition) is 1. The molecule has 9 nitrogen and oxygen atoms in total. The van der Waals surface area contributed by atoms with E-state index in [0.29, 0.717) is 53.3 Å². The van der Waals surface area contributed by atoms with Gasteiger partial charge in [-0.2, -0.15) is 5.10 Å². The van der Waals surface area contributed by atoms with Crippen LogP contribution in [0.1, 0.15) is 21.5 Å². The van der Waals surface area contributed by atoms with Crippen LogP contribution in [0.4, 0.5) is 4.39 Å². The average molecular weight is 500 g/mol. The number of halogens is 1. The van der Waals surface area contributed by atoms with Crippen LogP contribution in [-0.4, -0.2) is 51.5 Å². The maximum absolute atomic E-state index is 14.6. The van der Waals surface area contributed by atoms with E-state index < -0.39 is 5.82 Å². The van der Waals surface area contributed by atoms with E-state index in [1.54, 1.807) is 48.7 Å². The minimum Gasteiger partial charge on any atom is -0.488 e. The van der Waals surface area contributed by atoms with Crippen molar-refractivity contribution in [2.75, 3.05) is 20.3 Å². The largest absolute Gasteiger partial charge is 0.488 e. The summed E-state index contributed by atoms with van der Waals surface area (Å²) >= 11 is 0. The van der Waals surface area contributed by atoms with Crippen molar-refractivity contribution in [3.8, 4) is 28.5 Å². The molecule has 1 N–H and O–H groups in total. The van der Waals surface area contributed by atoms with Gasteiger partial charge in [0.15, 0.2) is 17.3 Å². The van der Waals surface area contributed by atoms with Crippen LogP contribution in [0.25, 0.3) is 33.6 Å². The highest BCUT2D eigenvalue weighted by atomic mass is 19.1. The summed E-state index contributed by atoms with van der Waals surface area (Å²) in [4.78, 5) is 18.9. The molecule has 0 aliphatic carbocycles. The highest BCUT2D eigenvalue weighted by Crippen LogP contribution is 2.33. The molecule has 3 aromatic heterocycles. The molecule has 186 valence electrons. The van der Waals surface area contributed by atoms with E-state index in [4.69, 9.17) is 14.0 Å². The van der Waals surface area contributed by atoms with E-state index in [9.17, 15) is 9.18 Å². The maximum Gasteiger partial charge on any atom is 0.254 e. The summed E-state index contributed by atoms with van der Waals surface area (Å²) in [5.41, 5.74) is 5.17. The third kappa shape index (κ3) is 4.31. The predicted molar refractivity (Wildman–Crippen MR) is 132 cm³/mol. The standard InChI is InChI=1S/C27H22FN5O4/c1-35-8-9-36-24-12-23-20(10-21(24)28)26(31-30-23)25-11-22(32-37-25)16-2-4-17(5-3-16)27(34)33-14-18-6-7-29-13-19(18)15-33/h2-7,10-13H,8-9,14-15H2,1H3,(H,30,31). The van der Waals surface area contributed by atoms with Gasteiger partial charge in [-0.05, 0) is 35.4 Å². The zero-order valence-electron chi connectivity index (χ0n) is 19.9. The van der Waals surface area contributed by atoms with Crippen molar-refractivity contribution < 1.29 is 23.2 Å². The molecule has 1 amide bonds. The molecule has 0 saturated carbocycles. The molecule has 5 aromatic rings. The fourth-order valence-electron chi connectivity index (χ4n) is 4.40. The number of amides is 1. The Bertz CT molecular complexity index is 1570. The zero-order valence-corrected chi connectivity index (χ0v) is 19.9. The van der Waals surface area contributed by atoms with Crippen molar-refractivity contribution in [2.45, 2.75) is 13.1 Å². The van der Waals surface area contributed by atoms with Crippen LogP contribution in [0.3, 0.4) is 0 Å². The highest BCUT2D eigenvalue weighted by molar-refractivity contribution is 5.95. The lowest BCUT2D eigenvalue weighted by Gasteiger charge is -2.15. The lowest BCUT2D eigenvalue weighted by atomic mass is 10.1. The summed E-state index contributed by atoms with van der Waals surface area (Å²) in [7, 11) is 1.55. The molecular weight excluding hydrogens is 477 g/mol. The van der Waals surface area contributed by atoms with E-state index in [-0.39, 0.29) is 18.3 Å². The highest BCUT2D eigenvalue weighted by Gasteiger charge is 2.24. The molecule has 10 heteroatoms. The molecule has 0 saturated heterocycles. The molecule has 1 aliphatic rings. The first kappa shape index (κ1) is 22.9. The summed E-state index contributed by atoms with van der Waals surface area (Å²) < 4.78 is 30.5. The molecule has 0 radical (unpaired) electrons. The van der Waals surface area contributed by atoms with E-state index in [2.05, 4.69) is 20.3 Å². The summed E-state index contributed by atoms with van der Waals surface area (Å²) in [6.07, 6.45) is 3.55. The van der Waals surface area contributed by atoms with Gasteiger partial charge in [-0.1, -0.05) is 17.3 Å². The number of ether oxygens (including phenoxy) is 2. The third-order valence-corrected chi connectivity index (χ3v) is 6.35. The first-order chi connectivity index (χ1) is 18.1. The first-order valence-corrected chi connectivity index (χ1v) is 11.7. The van der Waals surface area contributed by atoms with Crippen LogP contribution in [0.15, 0.2) is 65.4 Å². The van der Waals surface area contributed by atoms with E-state index in [1.165, 1.54) is 6.07 Å². The minimum absolute atomic E-state index is 0.0424. The second kappa shape index (κ2) is 9.47. The number of carbonyl (C=O) groups excluding carboxylic acids is 1. The number of pyridine rings is 1. The topological polar surface area (TPSA) is 106 Å². The first-order valence-electron chi connectivity index (χ1n) is 11.7. The molecule has 0 bridgehead atoms. The molecule has 0 fully saturated rings. The third-order valence-electron chi connectivity index (χ3n) is 6.35. The van der Waals surface area contributed by atoms with Gasteiger partial charge >= 0.3 is 0 Å². The number of aromatic nitrogens is 4. The van der Waals surface area contributed by atoms with Gasteiger partial charge in [-0.25, -0.2) is 4.39 Å². The maximum atomic E-state index is 14.6. The average Bonchev–Trinajstić information content (AvgIpc) is 3.66. The van der Waals surface area contributed by atoms with Crippen molar-refractivity contribution in [1.82, 2.24) is 25.2 Å². The van der Waals surface area contributed by atoms with Crippen LogP contribution in [0, 0.1) is 5.82 Å². The van der Waals surface area contributed by atoms with Gasteiger partial charge in [0.05, 0.1) is 12.1 Å². The molecule has 6 rings (SSSR count). The van der Waals surface area contributed by atoms with Crippen LogP contribution in [-0.2, 0) is 17.8 Å². The molecule has 0 spiro atoms. The fourth-order valence-corrected chi connectivity index (χ4v) is 4.40. The Hall–Kier alpha value is -4.57. The lowest BCUT2D eigenvalue weighted by molar-refractivity contribution is 0.0751. The Morgan fingerprint density at radius 2 is 1.95 bits per heavy atom. The zero-order chi connectivity index (χ0) is 25.4. The Kier molecular flexibility index (Phi) is 5.85. The van der Waals surface area contributed by atoms with Crippen LogP contribution >= 0.6 is 0 Å². The van der Waals surface area contributed by atoms with Crippen molar-refractivity contribution in [1.29, 1.82) is 0 Å². The number of rotatable bonds is 7. The van der Waals surface area contributed by atoms with E-state index >= 15 is 0 Å². The van der Waals surface area contributed by atoms with Crippen molar-refractivity contribution >= 4 is 16.8 Å². The Labute approximate surface area is 210 Å². The number of carbonyl (C=O) groups is 1. The summed E-state index contributed by atoms with van der Waals surface area (Å²) in [6.45, 7) is 1.71. The Morgan fingerprint density at radius 3 is 2.76 bits per heavy atom. The predicted octanol–water partition coefficient (Wildman–Crippen LogP) is 4.60. The van der Waals surface area contributed by atoms with Crippen molar-refractivity contribution in [2.24, 2.45) is 0 Å². The number of H-pyrrole nitrogens is 1. The van der Waals surface area contributed by atoms with Crippen molar-refractivity contribution in [3.63, 3.8) is 0 Å². The van der Waals surface area contributed by atoms with Crippen LogP contribution < -0.4 is 4.74 Å². The number of nitrogens with one attached hydrogen (secondary N) is 1. The summed E-state index contributed by atoms with van der Waals surface area (Å²) in [5.74, 6) is -0.0535. The number of fused-ring (bicyclic) bond motifs is 2. The summed E-state index contributed by atoms with van der Waals surface area (Å²) in [5, 5.41) is 11.9. The fraction of sp³-hybridized carbons (Fsp3) is 0.185. The second-order valence-corrected chi connectivity index (χ2v) is 8.70. The Morgan fingerprint density at radius 1 is 1.11 bits per heavy atom. The molecule has 0 unspecified atom stereocenters. The molecule has 4 heterocycles. The smallest absolute Gasteiger partial charge is 0.254 e. The van der Waals surface area contributed by atoms with Crippen LogP contribution in [0.5, 0.6) is 5.75 Å².